The van der Waals surface area contributed by atoms with Crippen LogP contribution in [0.3, 0.4) is 0 Å². The topological polar surface area (TPSA) is 72.8 Å². The smallest absolute Gasteiger partial charge is 0.216 e. The molecular formula is C15H21N5O. The molecule has 2 rings (SSSR count). The molecule has 112 valence electrons. The molecule has 1 N–H and O–H groups in total. The van der Waals surface area contributed by atoms with E-state index in [0.717, 1.165) is 30.9 Å². The molecule has 0 aliphatic rings. The summed E-state index contributed by atoms with van der Waals surface area (Å²) in [5.41, 5.74) is 3.85. The lowest BCUT2D eigenvalue weighted by Crippen LogP contribution is -2.17. The first-order valence-electron chi connectivity index (χ1n) is 7.07. The van der Waals surface area contributed by atoms with E-state index < -0.39 is 0 Å². The van der Waals surface area contributed by atoms with E-state index in [0.29, 0.717) is 17.4 Å². The first-order chi connectivity index (χ1) is 10.2. The van der Waals surface area contributed by atoms with Gasteiger partial charge in [0.2, 0.25) is 5.88 Å². The summed E-state index contributed by atoms with van der Waals surface area (Å²) in [6.07, 6.45) is 2.39. The fraction of sp³-hybridized carbons (Fsp3) is 0.467. The lowest BCUT2D eigenvalue weighted by Gasteiger charge is -2.11. The predicted octanol–water partition coefficient (Wildman–Crippen LogP) is 1.71. The van der Waals surface area contributed by atoms with Crippen LogP contribution < -0.4 is 10.1 Å². The number of nitrogens with zero attached hydrogens (tertiary/aromatic N) is 4. The van der Waals surface area contributed by atoms with Crippen molar-refractivity contribution in [2.24, 2.45) is 0 Å². The molecule has 0 unspecified atom stereocenters. The average Bonchev–Trinajstić information content (AvgIpc) is 2.50. The van der Waals surface area contributed by atoms with Crippen LogP contribution >= 0.6 is 0 Å². The summed E-state index contributed by atoms with van der Waals surface area (Å²) >= 11 is 0. The molecule has 0 aliphatic carbocycles. The standard InChI is InChI=1S/C15H21N5O/c1-5-16-7-6-12-10(2)19-15(20-11(12)3)13-8-14(21-4)18-9-17-13/h8-9,16H,5-7H2,1-4H3. The highest BCUT2D eigenvalue weighted by molar-refractivity contribution is 5.51. The summed E-state index contributed by atoms with van der Waals surface area (Å²) in [5, 5.41) is 3.32. The Bertz CT molecular complexity index is 592. The quantitative estimate of drug-likeness (QED) is 0.815. The Morgan fingerprint density at radius 2 is 1.86 bits per heavy atom. The van der Waals surface area contributed by atoms with Gasteiger partial charge in [0.05, 0.1) is 7.11 Å². The van der Waals surface area contributed by atoms with Gasteiger partial charge in [0.25, 0.3) is 0 Å². The van der Waals surface area contributed by atoms with Crippen LogP contribution in [-0.4, -0.2) is 40.1 Å². The van der Waals surface area contributed by atoms with Crippen molar-refractivity contribution < 1.29 is 4.74 Å². The van der Waals surface area contributed by atoms with Gasteiger partial charge in [0.1, 0.15) is 12.0 Å². The van der Waals surface area contributed by atoms with Crippen molar-refractivity contribution in [1.29, 1.82) is 0 Å². The molecule has 0 spiro atoms. The molecule has 0 bridgehead atoms. The number of hydrogen-bond acceptors (Lipinski definition) is 6. The number of methoxy groups -OCH3 is 1. The first-order valence-corrected chi connectivity index (χ1v) is 7.07. The zero-order valence-electron chi connectivity index (χ0n) is 13.0. The van der Waals surface area contributed by atoms with Crippen molar-refractivity contribution in [3.63, 3.8) is 0 Å². The summed E-state index contributed by atoms with van der Waals surface area (Å²) in [6, 6.07) is 1.74. The van der Waals surface area contributed by atoms with E-state index in [-0.39, 0.29) is 0 Å². The van der Waals surface area contributed by atoms with Crippen LogP contribution in [0.15, 0.2) is 12.4 Å². The maximum atomic E-state index is 5.11. The largest absolute Gasteiger partial charge is 0.481 e. The maximum Gasteiger partial charge on any atom is 0.216 e. The first kappa shape index (κ1) is 15.3. The number of aromatic nitrogens is 4. The molecule has 2 aromatic heterocycles. The van der Waals surface area contributed by atoms with Crippen molar-refractivity contribution >= 4 is 0 Å². The number of ether oxygens (including phenoxy) is 1. The van der Waals surface area contributed by atoms with E-state index in [9.17, 15) is 0 Å². The van der Waals surface area contributed by atoms with Gasteiger partial charge in [-0.2, -0.15) is 0 Å². The monoisotopic (exact) mass is 287 g/mol. The number of nitrogens with one attached hydrogen (secondary N) is 1. The summed E-state index contributed by atoms with van der Waals surface area (Å²) in [4.78, 5) is 17.4. The van der Waals surface area contributed by atoms with E-state index in [1.165, 1.54) is 11.9 Å². The third-order valence-corrected chi connectivity index (χ3v) is 3.30. The van der Waals surface area contributed by atoms with Gasteiger partial charge in [0.15, 0.2) is 5.82 Å². The molecule has 0 amide bonds. The second-order valence-corrected chi connectivity index (χ2v) is 4.75. The molecule has 6 nitrogen and oxygen atoms in total. The van der Waals surface area contributed by atoms with Gasteiger partial charge in [-0.3, -0.25) is 0 Å². The van der Waals surface area contributed by atoms with Crippen molar-refractivity contribution in [1.82, 2.24) is 25.3 Å². The minimum atomic E-state index is 0.509. The third-order valence-electron chi connectivity index (χ3n) is 3.30. The van der Waals surface area contributed by atoms with E-state index in [1.54, 1.807) is 13.2 Å². The average molecular weight is 287 g/mol. The zero-order chi connectivity index (χ0) is 15.2. The Morgan fingerprint density at radius 1 is 1.14 bits per heavy atom. The van der Waals surface area contributed by atoms with E-state index >= 15 is 0 Å². The molecule has 2 heterocycles. The highest BCUT2D eigenvalue weighted by Gasteiger charge is 2.11. The van der Waals surface area contributed by atoms with E-state index in [4.69, 9.17) is 4.74 Å². The molecule has 0 atom stereocenters. The molecule has 2 aromatic rings. The van der Waals surface area contributed by atoms with E-state index in [1.807, 2.05) is 13.8 Å². The van der Waals surface area contributed by atoms with Crippen LogP contribution in [0.5, 0.6) is 5.88 Å². The predicted molar refractivity (Wildman–Crippen MR) is 81.3 cm³/mol. The molecule has 6 heteroatoms. The van der Waals surface area contributed by atoms with E-state index in [2.05, 4.69) is 32.2 Å². The minimum absolute atomic E-state index is 0.509. The van der Waals surface area contributed by atoms with Crippen molar-refractivity contribution in [2.45, 2.75) is 27.2 Å². The fourth-order valence-electron chi connectivity index (χ4n) is 2.18. The van der Waals surface area contributed by atoms with Gasteiger partial charge in [-0.1, -0.05) is 6.92 Å². The highest BCUT2D eigenvalue weighted by atomic mass is 16.5. The van der Waals surface area contributed by atoms with Gasteiger partial charge in [-0.25, -0.2) is 19.9 Å². The van der Waals surface area contributed by atoms with Crippen LogP contribution in [-0.2, 0) is 6.42 Å². The lowest BCUT2D eigenvalue weighted by atomic mass is 10.1. The molecule has 21 heavy (non-hydrogen) atoms. The Morgan fingerprint density at radius 3 is 2.48 bits per heavy atom. The Kier molecular flexibility index (Phi) is 5.16. The van der Waals surface area contributed by atoms with Crippen LogP contribution in [0.4, 0.5) is 0 Å². The maximum absolute atomic E-state index is 5.11. The molecule has 0 fully saturated rings. The number of hydrogen-bond donors (Lipinski definition) is 1. The lowest BCUT2D eigenvalue weighted by molar-refractivity contribution is 0.397. The van der Waals surface area contributed by atoms with Gasteiger partial charge >= 0.3 is 0 Å². The van der Waals surface area contributed by atoms with Crippen LogP contribution in [0.1, 0.15) is 23.9 Å². The molecular weight excluding hydrogens is 266 g/mol. The molecule has 0 saturated carbocycles. The van der Waals surface area contributed by atoms with Crippen molar-refractivity contribution in [3.8, 4) is 17.4 Å². The fourth-order valence-corrected chi connectivity index (χ4v) is 2.18. The number of likely N-dealkylation sites (N-methyl/N-ethyl adjacent to an activating group) is 1. The van der Waals surface area contributed by atoms with Gasteiger partial charge in [0, 0.05) is 17.5 Å². The minimum Gasteiger partial charge on any atom is -0.481 e. The highest BCUT2D eigenvalue weighted by Crippen LogP contribution is 2.19. The van der Waals surface area contributed by atoms with Crippen LogP contribution in [0.2, 0.25) is 0 Å². The number of rotatable bonds is 6. The van der Waals surface area contributed by atoms with Gasteiger partial charge < -0.3 is 10.1 Å². The van der Waals surface area contributed by atoms with Crippen molar-refractivity contribution in [2.75, 3.05) is 20.2 Å². The van der Waals surface area contributed by atoms with Crippen LogP contribution in [0, 0.1) is 13.8 Å². The normalized spacial score (nSPS) is 10.7. The second kappa shape index (κ2) is 7.08. The summed E-state index contributed by atoms with van der Waals surface area (Å²) in [6.45, 7) is 8.03. The summed E-state index contributed by atoms with van der Waals surface area (Å²) in [7, 11) is 1.58. The second-order valence-electron chi connectivity index (χ2n) is 4.75. The van der Waals surface area contributed by atoms with Gasteiger partial charge in [-0.15, -0.1) is 0 Å². The molecule has 0 radical (unpaired) electrons. The zero-order valence-corrected chi connectivity index (χ0v) is 13.0. The number of aryl methyl sites for hydroxylation is 2. The SMILES string of the molecule is CCNCCc1c(C)nc(-c2cc(OC)ncn2)nc1C. The Balaban J connectivity index is 2.30. The van der Waals surface area contributed by atoms with Crippen LogP contribution in [0.25, 0.3) is 11.5 Å². The molecule has 0 aliphatic heterocycles. The van der Waals surface area contributed by atoms with Crippen molar-refractivity contribution in [3.05, 3.63) is 29.3 Å². The molecule has 0 saturated heterocycles. The third kappa shape index (κ3) is 3.72. The Hall–Kier alpha value is -2.08. The summed E-state index contributed by atoms with van der Waals surface area (Å²) < 4.78 is 5.11. The van der Waals surface area contributed by atoms with Gasteiger partial charge in [-0.05, 0) is 38.9 Å². The molecule has 0 aromatic carbocycles. The Labute approximate surface area is 125 Å². The summed E-state index contributed by atoms with van der Waals surface area (Å²) in [5.74, 6) is 1.12.